The van der Waals surface area contributed by atoms with Gasteiger partial charge in [0.1, 0.15) is 5.82 Å². The Hall–Kier alpha value is -2.53. The van der Waals surface area contributed by atoms with Crippen molar-refractivity contribution in [3.05, 3.63) is 69.0 Å². The predicted octanol–water partition coefficient (Wildman–Crippen LogP) is 5.35. The van der Waals surface area contributed by atoms with E-state index in [1.165, 1.54) is 34.4 Å². The maximum atomic E-state index is 13.6. The molecule has 33 heavy (non-hydrogen) atoms. The predicted molar refractivity (Wildman–Crippen MR) is 129 cm³/mol. The van der Waals surface area contributed by atoms with Crippen molar-refractivity contribution in [3.8, 4) is 0 Å². The third-order valence-electron chi connectivity index (χ3n) is 8.11. The van der Waals surface area contributed by atoms with Crippen LogP contribution in [-0.4, -0.2) is 47.7 Å². The first-order valence-corrected chi connectivity index (χ1v) is 12.0. The molecule has 0 aliphatic carbocycles. The quantitative estimate of drug-likeness (QED) is 0.577. The molecule has 0 spiro atoms. The maximum Gasteiger partial charge on any atom is 0.255 e. The monoisotopic (exact) mass is 450 g/mol. The molecule has 0 N–H and O–H groups in total. The van der Waals surface area contributed by atoms with Crippen LogP contribution in [0.1, 0.15) is 75.2 Å². The van der Waals surface area contributed by atoms with Crippen LogP contribution in [0.3, 0.4) is 0 Å². The number of rotatable bonds is 5. The van der Waals surface area contributed by atoms with Crippen molar-refractivity contribution >= 4 is 11.7 Å². The number of halogens is 1. The minimum Gasteiger partial charge on any atom is -0.329 e. The molecule has 4 nitrogen and oxygen atoms in total. The molecule has 0 saturated carbocycles. The summed E-state index contributed by atoms with van der Waals surface area (Å²) in [6, 6.07) is 5.77. The number of ketones is 1. The lowest BCUT2D eigenvalue weighted by atomic mass is 9.83. The molecule has 1 saturated heterocycles. The van der Waals surface area contributed by atoms with Gasteiger partial charge < -0.3 is 4.90 Å². The van der Waals surface area contributed by atoms with Gasteiger partial charge in [-0.25, -0.2) is 4.39 Å². The molecular formula is C28H35FN2O2. The van der Waals surface area contributed by atoms with Crippen LogP contribution in [0.5, 0.6) is 0 Å². The highest BCUT2D eigenvalue weighted by molar-refractivity contribution is 6.02. The van der Waals surface area contributed by atoms with Crippen LogP contribution in [0.15, 0.2) is 24.3 Å². The average molecular weight is 451 g/mol. The van der Waals surface area contributed by atoms with E-state index in [0.717, 1.165) is 43.6 Å². The summed E-state index contributed by atoms with van der Waals surface area (Å²) in [7, 11) is 0. The smallest absolute Gasteiger partial charge is 0.255 e. The van der Waals surface area contributed by atoms with E-state index in [9.17, 15) is 14.0 Å². The molecule has 1 amide bonds. The second-order valence-corrected chi connectivity index (χ2v) is 10.4. The molecular weight excluding hydrogens is 415 g/mol. The SMILES string of the molecule is Cc1c(C)c(C)c2c(c1C)C(=O)N(CC1CCN(CC(=O)c3ccc(F)cc3)CC1)C2(C)C. The van der Waals surface area contributed by atoms with Crippen LogP contribution in [0.2, 0.25) is 0 Å². The number of benzene rings is 2. The number of Topliss-reactive ketones (excluding diaryl/α,β-unsaturated/α-hetero) is 1. The molecule has 0 atom stereocenters. The van der Waals surface area contributed by atoms with Gasteiger partial charge in [-0.15, -0.1) is 0 Å². The number of hydrogen-bond acceptors (Lipinski definition) is 3. The van der Waals surface area contributed by atoms with Gasteiger partial charge in [-0.1, -0.05) is 0 Å². The summed E-state index contributed by atoms with van der Waals surface area (Å²) in [5.41, 5.74) is 7.18. The van der Waals surface area contributed by atoms with E-state index >= 15 is 0 Å². The van der Waals surface area contributed by atoms with Gasteiger partial charge in [0.15, 0.2) is 5.78 Å². The number of amides is 1. The lowest BCUT2D eigenvalue weighted by molar-refractivity contribution is 0.0509. The summed E-state index contributed by atoms with van der Waals surface area (Å²) in [5, 5.41) is 0. The topological polar surface area (TPSA) is 40.6 Å². The number of hydrogen-bond donors (Lipinski definition) is 0. The van der Waals surface area contributed by atoms with Crippen molar-refractivity contribution in [1.29, 1.82) is 0 Å². The van der Waals surface area contributed by atoms with E-state index in [1.54, 1.807) is 12.1 Å². The van der Waals surface area contributed by atoms with E-state index < -0.39 is 0 Å². The molecule has 2 heterocycles. The normalized spacial score (nSPS) is 18.6. The zero-order chi connectivity index (χ0) is 24.1. The minimum absolute atomic E-state index is 0.0245. The van der Waals surface area contributed by atoms with Crippen LogP contribution >= 0.6 is 0 Å². The van der Waals surface area contributed by atoms with E-state index in [0.29, 0.717) is 18.0 Å². The van der Waals surface area contributed by atoms with E-state index in [2.05, 4.69) is 51.3 Å². The molecule has 4 rings (SSSR count). The minimum atomic E-state index is -0.329. The van der Waals surface area contributed by atoms with Crippen molar-refractivity contribution in [2.24, 2.45) is 5.92 Å². The Balaban J connectivity index is 1.42. The van der Waals surface area contributed by atoms with Crippen LogP contribution in [0.25, 0.3) is 0 Å². The Labute approximate surface area is 196 Å². The summed E-state index contributed by atoms with van der Waals surface area (Å²) in [4.78, 5) is 30.4. The summed E-state index contributed by atoms with van der Waals surface area (Å²) in [6.45, 7) is 15.6. The largest absolute Gasteiger partial charge is 0.329 e. The number of carbonyl (C=O) groups is 2. The van der Waals surface area contributed by atoms with Gasteiger partial charge >= 0.3 is 0 Å². The van der Waals surface area contributed by atoms with Gasteiger partial charge in [0.05, 0.1) is 12.1 Å². The van der Waals surface area contributed by atoms with Crippen molar-refractivity contribution in [2.75, 3.05) is 26.2 Å². The molecule has 176 valence electrons. The lowest BCUT2D eigenvalue weighted by Gasteiger charge is -2.39. The molecule has 0 unspecified atom stereocenters. The van der Waals surface area contributed by atoms with Gasteiger partial charge in [0, 0.05) is 17.7 Å². The highest BCUT2D eigenvalue weighted by Crippen LogP contribution is 2.45. The highest BCUT2D eigenvalue weighted by Gasteiger charge is 2.46. The first-order valence-electron chi connectivity index (χ1n) is 12.0. The van der Waals surface area contributed by atoms with Crippen molar-refractivity contribution in [2.45, 2.75) is 59.9 Å². The Bertz CT molecular complexity index is 1100. The van der Waals surface area contributed by atoms with Crippen molar-refractivity contribution in [3.63, 3.8) is 0 Å². The maximum absolute atomic E-state index is 13.6. The Morgan fingerprint density at radius 1 is 0.970 bits per heavy atom. The van der Waals surface area contributed by atoms with E-state index in [-0.39, 0.29) is 23.0 Å². The summed E-state index contributed by atoms with van der Waals surface area (Å²) < 4.78 is 13.1. The highest BCUT2D eigenvalue weighted by atomic mass is 19.1. The van der Waals surface area contributed by atoms with Crippen molar-refractivity contribution in [1.82, 2.24) is 9.80 Å². The average Bonchev–Trinajstić information content (AvgIpc) is 2.98. The fourth-order valence-electron chi connectivity index (χ4n) is 5.69. The Morgan fingerprint density at radius 3 is 2.15 bits per heavy atom. The van der Waals surface area contributed by atoms with Gasteiger partial charge in [-0.05, 0) is 125 Å². The van der Waals surface area contributed by atoms with Crippen molar-refractivity contribution < 1.29 is 14.0 Å². The van der Waals surface area contributed by atoms with Crippen LogP contribution < -0.4 is 0 Å². The third-order valence-corrected chi connectivity index (χ3v) is 8.11. The van der Waals surface area contributed by atoms with E-state index in [1.807, 2.05) is 0 Å². The lowest BCUT2D eigenvalue weighted by Crippen LogP contribution is -2.45. The summed E-state index contributed by atoms with van der Waals surface area (Å²) in [5.74, 6) is 0.274. The number of likely N-dealkylation sites (tertiary alicyclic amines) is 1. The standard InChI is InChI=1S/C28H35FN2O2/c1-17-18(2)20(4)26-25(19(17)3)27(33)31(28(26,5)6)15-21-11-13-30(14-12-21)16-24(32)22-7-9-23(29)10-8-22/h7-10,21H,11-16H2,1-6H3. The second kappa shape index (κ2) is 8.68. The number of piperidine rings is 1. The zero-order valence-corrected chi connectivity index (χ0v) is 20.7. The Kier molecular flexibility index (Phi) is 6.21. The van der Waals surface area contributed by atoms with Crippen LogP contribution in [-0.2, 0) is 5.54 Å². The number of nitrogens with zero attached hydrogens (tertiary/aromatic N) is 2. The third kappa shape index (κ3) is 4.12. The first-order chi connectivity index (χ1) is 15.5. The molecule has 0 radical (unpaired) electrons. The van der Waals surface area contributed by atoms with Crippen LogP contribution in [0.4, 0.5) is 4.39 Å². The van der Waals surface area contributed by atoms with Gasteiger partial charge in [0.25, 0.3) is 5.91 Å². The van der Waals surface area contributed by atoms with Gasteiger partial charge in [-0.2, -0.15) is 0 Å². The molecule has 0 bridgehead atoms. The van der Waals surface area contributed by atoms with Crippen LogP contribution in [0, 0.1) is 39.4 Å². The molecule has 2 aliphatic heterocycles. The molecule has 0 aromatic heterocycles. The summed E-state index contributed by atoms with van der Waals surface area (Å²) in [6.07, 6.45) is 1.92. The number of carbonyl (C=O) groups excluding carboxylic acids is 2. The Morgan fingerprint density at radius 2 is 1.55 bits per heavy atom. The molecule has 1 fully saturated rings. The van der Waals surface area contributed by atoms with E-state index in [4.69, 9.17) is 0 Å². The summed E-state index contributed by atoms with van der Waals surface area (Å²) >= 11 is 0. The first kappa shape index (κ1) is 23.6. The fourth-order valence-corrected chi connectivity index (χ4v) is 5.69. The molecule has 2 aromatic rings. The molecule has 5 heteroatoms. The molecule has 2 aromatic carbocycles. The fraction of sp³-hybridized carbons (Fsp3) is 0.500. The number of fused-ring (bicyclic) bond motifs is 1. The van der Waals surface area contributed by atoms with Gasteiger partial charge in [0.2, 0.25) is 0 Å². The molecule has 2 aliphatic rings. The zero-order valence-electron chi connectivity index (χ0n) is 20.7. The van der Waals surface area contributed by atoms with Gasteiger partial charge in [-0.3, -0.25) is 14.5 Å². The second-order valence-electron chi connectivity index (χ2n) is 10.4.